The summed E-state index contributed by atoms with van der Waals surface area (Å²) in [5, 5.41) is 9.90. The maximum atomic E-state index is 9.90. The Morgan fingerprint density at radius 1 is 1.17 bits per heavy atom. The number of hydrogen-bond donors (Lipinski definition) is 1. The van der Waals surface area contributed by atoms with E-state index in [2.05, 4.69) is 0 Å². The molecule has 0 amide bonds. The van der Waals surface area contributed by atoms with Gasteiger partial charge in [0.1, 0.15) is 24.2 Å². The van der Waals surface area contributed by atoms with E-state index >= 15 is 0 Å². The first-order valence-electron chi connectivity index (χ1n) is 5.71. The van der Waals surface area contributed by atoms with Gasteiger partial charge in [-0.05, 0) is 31.2 Å². The third kappa shape index (κ3) is 2.84. The summed E-state index contributed by atoms with van der Waals surface area (Å²) in [6.45, 7) is 1.95. The molecule has 4 nitrogen and oxygen atoms in total. The molecule has 1 atom stereocenters. The molecule has 96 valence electrons. The first-order chi connectivity index (χ1) is 8.70. The number of para-hydroxylation sites is 2. The molecule has 1 N–H and O–H groups in total. The van der Waals surface area contributed by atoms with Gasteiger partial charge in [0.05, 0.1) is 7.11 Å². The van der Waals surface area contributed by atoms with Crippen LogP contribution in [0.4, 0.5) is 0 Å². The zero-order valence-corrected chi connectivity index (χ0v) is 10.4. The minimum absolute atomic E-state index is 0.118. The summed E-state index contributed by atoms with van der Waals surface area (Å²) in [6.07, 6.45) is -0.788. The van der Waals surface area contributed by atoms with Crippen molar-refractivity contribution in [3.63, 3.8) is 0 Å². The van der Waals surface area contributed by atoms with Gasteiger partial charge in [-0.3, -0.25) is 0 Å². The highest BCUT2D eigenvalue weighted by atomic mass is 16.5. The average Bonchev–Trinajstić information content (AvgIpc) is 2.83. The van der Waals surface area contributed by atoms with E-state index in [0.29, 0.717) is 17.3 Å². The predicted octanol–water partition coefficient (Wildman–Crippen LogP) is 2.71. The summed E-state index contributed by atoms with van der Waals surface area (Å²) in [6, 6.07) is 10.9. The number of aliphatic hydroxyl groups excluding tert-OH is 1. The molecule has 0 bridgehead atoms. The summed E-state index contributed by atoms with van der Waals surface area (Å²) in [4.78, 5) is 0. The van der Waals surface area contributed by atoms with E-state index in [9.17, 15) is 5.11 Å². The molecule has 1 aromatic heterocycles. The highest BCUT2D eigenvalue weighted by Gasteiger charge is 2.13. The lowest BCUT2D eigenvalue weighted by molar-refractivity contribution is 0.0866. The Hall–Kier alpha value is -1.94. The third-order valence-electron chi connectivity index (χ3n) is 2.56. The number of benzene rings is 1. The van der Waals surface area contributed by atoms with E-state index in [1.54, 1.807) is 25.3 Å². The van der Waals surface area contributed by atoms with Crippen LogP contribution in [0.1, 0.15) is 17.6 Å². The first-order valence-corrected chi connectivity index (χ1v) is 5.71. The third-order valence-corrected chi connectivity index (χ3v) is 2.56. The van der Waals surface area contributed by atoms with E-state index in [4.69, 9.17) is 13.9 Å². The molecular formula is C14H16O4. The second-order valence-electron chi connectivity index (χ2n) is 3.93. The maximum Gasteiger partial charge on any atom is 0.161 e. The zero-order valence-electron chi connectivity index (χ0n) is 10.4. The number of aryl methyl sites for hydroxylation is 1. The van der Waals surface area contributed by atoms with Gasteiger partial charge < -0.3 is 19.0 Å². The Morgan fingerprint density at radius 2 is 1.89 bits per heavy atom. The van der Waals surface area contributed by atoms with Crippen LogP contribution < -0.4 is 9.47 Å². The van der Waals surface area contributed by atoms with Gasteiger partial charge >= 0.3 is 0 Å². The molecule has 0 radical (unpaired) electrons. The van der Waals surface area contributed by atoms with E-state index in [1.165, 1.54) is 0 Å². The average molecular weight is 248 g/mol. The molecular weight excluding hydrogens is 232 g/mol. The quantitative estimate of drug-likeness (QED) is 0.883. The fraction of sp³-hybridized carbons (Fsp3) is 0.286. The monoisotopic (exact) mass is 248 g/mol. The van der Waals surface area contributed by atoms with Crippen LogP contribution >= 0.6 is 0 Å². The molecule has 0 fully saturated rings. The molecule has 0 aliphatic rings. The molecule has 2 rings (SSSR count). The van der Waals surface area contributed by atoms with Crippen molar-refractivity contribution < 1.29 is 19.0 Å². The van der Waals surface area contributed by atoms with Crippen LogP contribution in [0, 0.1) is 6.92 Å². The summed E-state index contributed by atoms with van der Waals surface area (Å²) in [5.41, 5.74) is 0. The zero-order chi connectivity index (χ0) is 13.0. The predicted molar refractivity (Wildman–Crippen MR) is 66.9 cm³/mol. The number of aliphatic hydroxyl groups is 1. The summed E-state index contributed by atoms with van der Waals surface area (Å²) >= 11 is 0. The molecule has 0 saturated heterocycles. The lowest BCUT2D eigenvalue weighted by Gasteiger charge is -2.12. The molecule has 0 spiro atoms. The number of hydrogen-bond acceptors (Lipinski definition) is 4. The van der Waals surface area contributed by atoms with Crippen molar-refractivity contribution in [2.24, 2.45) is 0 Å². The van der Waals surface area contributed by atoms with Crippen LogP contribution in [0.2, 0.25) is 0 Å². The summed E-state index contributed by atoms with van der Waals surface area (Å²) in [5.74, 6) is 2.51. The van der Waals surface area contributed by atoms with Crippen molar-refractivity contribution in [2.75, 3.05) is 13.7 Å². The van der Waals surface area contributed by atoms with Crippen molar-refractivity contribution in [3.8, 4) is 11.5 Å². The molecule has 18 heavy (non-hydrogen) atoms. The van der Waals surface area contributed by atoms with Crippen molar-refractivity contribution in [2.45, 2.75) is 13.0 Å². The lowest BCUT2D eigenvalue weighted by Crippen LogP contribution is -2.09. The highest BCUT2D eigenvalue weighted by molar-refractivity contribution is 5.39. The summed E-state index contributed by atoms with van der Waals surface area (Å²) < 4.78 is 16.0. The van der Waals surface area contributed by atoms with Crippen LogP contribution in [0.5, 0.6) is 11.5 Å². The van der Waals surface area contributed by atoms with Crippen molar-refractivity contribution >= 4 is 0 Å². The molecule has 0 aliphatic carbocycles. The molecule has 0 saturated carbocycles. The van der Waals surface area contributed by atoms with E-state index in [-0.39, 0.29) is 6.61 Å². The summed E-state index contributed by atoms with van der Waals surface area (Å²) in [7, 11) is 1.58. The normalized spacial score (nSPS) is 12.2. The van der Waals surface area contributed by atoms with Gasteiger partial charge in [0.15, 0.2) is 11.5 Å². The number of ether oxygens (including phenoxy) is 2. The second kappa shape index (κ2) is 5.60. The Morgan fingerprint density at radius 3 is 2.50 bits per heavy atom. The van der Waals surface area contributed by atoms with Crippen LogP contribution in [-0.4, -0.2) is 18.8 Å². The number of furan rings is 1. The number of methoxy groups -OCH3 is 1. The maximum absolute atomic E-state index is 9.90. The van der Waals surface area contributed by atoms with Gasteiger partial charge in [0.2, 0.25) is 0 Å². The van der Waals surface area contributed by atoms with Crippen LogP contribution in [0.15, 0.2) is 40.8 Å². The largest absolute Gasteiger partial charge is 0.493 e. The van der Waals surface area contributed by atoms with E-state index in [1.807, 2.05) is 25.1 Å². The van der Waals surface area contributed by atoms with E-state index in [0.717, 1.165) is 5.76 Å². The first kappa shape index (κ1) is 12.5. The molecule has 1 aromatic carbocycles. The van der Waals surface area contributed by atoms with Crippen LogP contribution in [0.3, 0.4) is 0 Å². The Labute approximate surface area is 106 Å². The molecule has 1 unspecified atom stereocenters. The SMILES string of the molecule is COc1ccccc1OCC(O)c1ccc(C)o1. The van der Waals surface area contributed by atoms with Crippen molar-refractivity contribution in [1.82, 2.24) is 0 Å². The van der Waals surface area contributed by atoms with Gasteiger partial charge in [-0.1, -0.05) is 12.1 Å². The lowest BCUT2D eigenvalue weighted by atomic mass is 10.3. The number of rotatable bonds is 5. The minimum Gasteiger partial charge on any atom is -0.493 e. The van der Waals surface area contributed by atoms with Crippen molar-refractivity contribution in [1.29, 1.82) is 0 Å². The molecule has 2 aromatic rings. The Balaban J connectivity index is 1.99. The van der Waals surface area contributed by atoms with Gasteiger partial charge in [-0.15, -0.1) is 0 Å². The van der Waals surface area contributed by atoms with Gasteiger partial charge in [-0.2, -0.15) is 0 Å². The van der Waals surface area contributed by atoms with Crippen LogP contribution in [0.25, 0.3) is 0 Å². The Bertz CT molecular complexity index is 504. The smallest absolute Gasteiger partial charge is 0.161 e. The van der Waals surface area contributed by atoms with Gasteiger partial charge in [0.25, 0.3) is 0 Å². The standard InChI is InChI=1S/C14H16O4/c1-10-7-8-12(18-10)11(15)9-17-14-6-4-3-5-13(14)16-2/h3-8,11,15H,9H2,1-2H3. The molecule has 1 heterocycles. The van der Waals surface area contributed by atoms with Crippen LogP contribution in [-0.2, 0) is 0 Å². The molecule has 4 heteroatoms. The highest BCUT2D eigenvalue weighted by Crippen LogP contribution is 2.27. The van der Waals surface area contributed by atoms with E-state index < -0.39 is 6.10 Å². The topological polar surface area (TPSA) is 51.8 Å². The molecule has 0 aliphatic heterocycles. The van der Waals surface area contributed by atoms with Gasteiger partial charge in [0, 0.05) is 0 Å². The Kier molecular flexibility index (Phi) is 3.89. The fourth-order valence-electron chi connectivity index (χ4n) is 1.62. The van der Waals surface area contributed by atoms with Gasteiger partial charge in [-0.25, -0.2) is 0 Å². The van der Waals surface area contributed by atoms with Crippen molar-refractivity contribution in [3.05, 3.63) is 47.9 Å². The fourth-order valence-corrected chi connectivity index (χ4v) is 1.62. The minimum atomic E-state index is -0.788. The second-order valence-corrected chi connectivity index (χ2v) is 3.93.